The van der Waals surface area contributed by atoms with Gasteiger partial charge in [-0.2, -0.15) is 0 Å². The SMILES string of the molecule is CC(=O)NNC(=O)C1=C(Cl)C(C)NN1c1cccc(C)c1. The third-order valence-corrected chi connectivity index (χ3v) is 3.49. The van der Waals surface area contributed by atoms with Crippen molar-refractivity contribution in [3.8, 4) is 0 Å². The summed E-state index contributed by atoms with van der Waals surface area (Å²) in [7, 11) is 0. The van der Waals surface area contributed by atoms with E-state index in [4.69, 9.17) is 11.6 Å². The fraction of sp³-hybridized carbons (Fsp3) is 0.286. The van der Waals surface area contributed by atoms with Crippen molar-refractivity contribution in [2.24, 2.45) is 0 Å². The van der Waals surface area contributed by atoms with Gasteiger partial charge in [0, 0.05) is 6.92 Å². The zero-order valence-corrected chi connectivity index (χ0v) is 12.8. The molecule has 1 atom stereocenters. The van der Waals surface area contributed by atoms with Crippen LogP contribution in [0.1, 0.15) is 19.4 Å². The predicted molar refractivity (Wildman–Crippen MR) is 81.1 cm³/mol. The van der Waals surface area contributed by atoms with E-state index in [1.54, 1.807) is 5.01 Å². The molecule has 0 saturated carbocycles. The molecule has 2 rings (SSSR count). The highest BCUT2D eigenvalue weighted by molar-refractivity contribution is 6.33. The maximum absolute atomic E-state index is 12.2. The lowest BCUT2D eigenvalue weighted by Crippen LogP contribution is -2.46. The first-order chi connectivity index (χ1) is 9.90. The monoisotopic (exact) mass is 308 g/mol. The summed E-state index contributed by atoms with van der Waals surface area (Å²) < 4.78 is 0. The van der Waals surface area contributed by atoms with Gasteiger partial charge in [0.25, 0.3) is 5.91 Å². The number of carbonyl (C=O) groups is 2. The molecule has 1 heterocycles. The summed E-state index contributed by atoms with van der Waals surface area (Å²) in [5, 5.41) is 2.01. The molecule has 3 N–H and O–H groups in total. The Morgan fingerprint density at radius 3 is 2.67 bits per heavy atom. The lowest BCUT2D eigenvalue weighted by molar-refractivity contribution is -0.125. The van der Waals surface area contributed by atoms with Gasteiger partial charge in [0.15, 0.2) is 0 Å². The summed E-state index contributed by atoms with van der Waals surface area (Å²) >= 11 is 6.23. The second-order valence-electron chi connectivity index (χ2n) is 4.86. The minimum Gasteiger partial charge on any atom is -0.274 e. The van der Waals surface area contributed by atoms with Gasteiger partial charge in [-0.3, -0.25) is 25.4 Å². The van der Waals surface area contributed by atoms with Crippen LogP contribution in [0, 0.1) is 6.92 Å². The molecule has 1 aliphatic heterocycles. The molecule has 1 aromatic carbocycles. The highest BCUT2D eigenvalue weighted by Gasteiger charge is 2.33. The molecule has 0 saturated heterocycles. The van der Waals surface area contributed by atoms with Crippen molar-refractivity contribution < 1.29 is 9.59 Å². The highest BCUT2D eigenvalue weighted by atomic mass is 35.5. The van der Waals surface area contributed by atoms with Crippen LogP contribution in [-0.4, -0.2) is 17.9 Å². The molecular weight excluding hydrogens is 292 g/mol. The third kappa shape index (κ3) is 3.34. The van der Waals surface area contributed by atoms with Crippen LogP contribution in [0.4, 0.5) is 5.69 Å². The first-order valence-corrected chi connectivity index (χ1v) is 6.87. The largest absolute Gasteiger partial charge is 0.289 e. The van der Waals surface area contributed by atoms with Gasteiger partial charge in [-0.15, -0.1) is 0 Å². The van der Waals surface area contributed by atoms with Crippen LogP contribution in [0.15, 0.2) is 35.0 Å². The zero-order valence-electron chi connectivity index (χ0n) is 12.0. The quantitative estimate of drug-likeness (QED) is 0.721. The molecule has 0 bridgehead atoms. The molecule has 1 aliphatic rings. The molecule has 112 valence electrons. The Morgan fingerprint density at radius 1 is 1.33 bits per heavy atom. The molecule has 1 aromatic rings. The van der Waals surface area contributed by atoms with Gasteiger partial charge in [0.05, 0.1) is 16.8 Å². The Balaban J connectivity index is 2.30. The number of aryl methyl sites for hydroxylation is 1. The Hall–Kier alpha value is -2.05. The zero-order chi connectivity index (χ0) is 15.6. The fourth-order valence-corrected chi connectivity index (χ4v) is 2.23. The average molecular weight is 309 g/mol. The van der Waals surface area contributed by atoms with Crippen molar-refractivity contribution in [3.63, 3.8) is 0 Å². The van der Waals surface area contributed by atoms with E-state index in [0.29, 0.717) is 5.03 Å². The molecule has 0 aliphatic carbocycles. The van der Waals surface area contributed by atoms with Crippen LogP contribution >= 0.6 is 11.6 Å². The smallest absolute Gasteiger partial charge is 0.274 e. The van der Waals surface area contributed by atoms with E-state index in [0.717, 1.165) is 11.3 Å². The van der Waals surface area contributed by atoms with E-state index < -0.39 is 5.91 Å². The number of amides is 2. The normalized spacial score (nSPS) is 17.9. The number of rotatable bonds is 2. The molecule has 1 unspecified atom stereocenters. The molecular formula is C14H17ClN4O2. The second-order valence-corrected chi connectivity index (χ2v) is 5.26. The van der Waals surface area contributed by atoms with E-state index in [1.165, 1.54) is 6.92 Å². The highest BCUT2D eigenvalue weighted by Crippen LogP contribution is 2.29. The number of carbonyl (C=O) groups excluding carboxylic acids is 2. The number of anilines is 1. The standard InChI is InChI=1S/C14H17ClN4O2/c1-8-5-4-6-11(7-8)19-13(12(15)9(2)18-19)14(21)17-16-10(3)20/h4-7,9,18H,1-3H3,(H,16,20)(H,17,21). The third-order valence-electron chi connectivity index (χ3n) is 2.98. The van der Waals surface area contributed by atoms with Gasteiger partial charge in [-0.1, -0.05) is 23.7 Å². The molecule has 6 nitrogen and oxygen atoms in total. The van der Waals surface area contributed by atoms with Crippen molar-refractivity contribution in [2.45, 2.75) is 26.8 Å². The van der Waals surface area contributed by atoms with Crippen LogP contribution in [0.2, 0.25) is 0 Å². The van der Waals surface area contributed by atoms with E-state index in [1.807, 2.05) is 38.1 Å². The van der Waals surface area contributed by atoms with E-state index >= 15 is 0 Å². The number of hydrogen-bond donors (Lipinski definition) is 3. The minimum atomic E-state index is -0.478. The lowest BCUT2D eigenvalue weighted by Gasteiger charge is -2.22. The maximum Gasteiger partial charge on any atom is 0.289 e. The minimum absolute atomic E-state index is 0.190. The first kappa shape index (κ1) is 15.3. The van der Waals surface area contributed by atoms with Crippen molar-refractivity contribution in [2.75, 3.05) is 5.01 Å². The molecule has 0 radical (unpaired) electrons. The number of nitrogens with one attached hydrogen (secondary N) is 3. The summed E-state index contributed by atoms with van der Waals surface area (Å²) in [6.07, 6.45) is 0. The van der Waals surface area contributed by atoms with E-state index in [9.17, 15) is 9.59 Å². The van der Waals surface area contributed by atoms with Crippen molar-refractivity contribution >= 4 is 29.1 Å². The number of halogens is 1. The van der Waals surface area contributed by atoms with E-state index in [-0.39, 0.29) is 17.6 Å². The average Bonchev–Trinajstić information content (AvgIpc) is 2.72. The Morgan fingerprint density at radius 2 is 2.05 bits per heavy atom. The molecule has 21 heavy (non-hydrogen) atoms. The fourth-order valence-electron chi connectivity index (χ4n) is 2.01. The number of benzene rings is 1. The molecule has 0 aromatic heterocycles. The van der Waals surface area contributed by atoms with Crippen molar-refractivity contribution in [3.05, 3.63) is 40.6 Å². The first-order valence-electron chi connectivity index (χ1n) is 6.49. The maximum atomic E-state index is 12.2. The van der Waals surface area contributed by atoms with Gasteiger partial charge in [-0.05, 0) is 31.5 Å². The van der Waals surface area contributed by atoms with Crippen molar-refractivity contribution in [1.29, 1.82) is 0 Å². The predicted octanol–water partition coefficient (Wildman–Crippen LogP) is 1.33. The van der Waals surface area contributed by atoms with E-state index in [2.05, 4.69) is 16.3 Å². The molecule has 2 amide bonds. The van der Waals surface area contributed by atoms with Gasteiger partial charge in [-0.25, -0.2) is 5.43 Å². The summed E-state index contributed by atoms with van der Waals surface area (Å²) in [6, 6.07) is 7.47. The van der Waals surface area contributed by atoms with Gasteiger partial charge in [0.2, 0.25) is 5.91 Å². The molecule has 0 fully saturated rings. The summed E-state index contributed by atoms with van der Waals surface area (Å²) in [6.45, 7) is 5.12. The number of nitrogens with zero attached hydrogens (tertiary/aromatic N) is 1. The van der Waals surface area contributed by atoms with Crippen LogP contribution in [0.3, 0.4) is 0 Å². The number of hydrogen-bond acceptors (Lipinski definition) is 4. The summed E-state index contributed by atoms with van der Waals surface area (Å²) in [4.78, 5) is 23.1. The molecule has 0 spiro atoms. The Bertz CT molecular complexity index is 615. The summed E-state index contributed by atoms with van der Waals surface area (Å²) in [5.41, 5.74) is 9.83. The lowest BCUT2D eigenvalue weighted by atomic mass is 10.2. The Labute approximate surface area is 128 Å². The van der Waals surface area contributed by atoms with Gasteiger partial charge < -0.3 is 0 Å². The van der Waals surface area contributed by atoms with Crippen molar-refractivity contribution in [1.82, 2.24) is 16.3 Å². The molecule has 7 heteroatoms. The van der Waals surface area contributed by atoms with Crippen LogP contribution in [-0.2, 0) is 9.59 Å². The van der Waals surface area contributed by atoms with Gasteiger partial charge in [0.1, 0.15) is 5.70 Å². The van der Waals surface area contributed by atoms with Gasteiger partial charge >= 0.3 is 0 Å². The van der Waals surface area contributed by atoms with Crippen LogP contribution in [0.5, 0.6) is 0 Å². The van der Waals surface area contributed by atoms with Crippen LogP contribution < -0.4 is 21.3 Å². The Kier molecular flexibility index (Phi) is 4.50. The topological polar surface area (TPSA) is 73.5 Å². The number of hydrazine groups is 2. The van der Waals surface area contributed by atoms with Crippen LogP contribution in [0.25, 0.3) is 0 Å². The second kappa shape index (κ2) is 6.15. The summed E-state index contributed by atoms with van der Waals surface area (Å²) in [5.74, 6) is -0.838.